The third kappa shape index (κ3) is 3.39. The SMILES string of the molecule is COc1ccc2oc(CN3CCCC(CCO)C3)cc2c1. The van der Waals surface area contributed by atoms with Crippen LogP contribution in [0.5, 0.6) is 5.75 Å². The summed E-state index contributed by atoms with van der Waals surface area (Å²) in [6, 6.07) is 8.00. The lowest BCUT2D eigenvalue weighted by molar-refractivity contribution is 0.136. The highest BCUT2D eigenvalue weighted by atomic mass is 16.5. The number of aliphatic hydroxyl groups is 1. The topological polar surface area (TPSA) is 45.8 Å². The molecule has 4 heteroatoms. The molecule has 114 valence electrons. The summed E-state index contributed by atoms with van der Waals surface area (Å²) in [6.07, 6.45) is 3.35. The molecule has 1 aliphatic rings. The minimum atomic E-state index is 0.295. The van der Waals surface area contributed by atoms with E-state index in [1.807, 2.05) is 18.2 Å². The highest BCUT2D eigenvalue weighted by Crippen LogP contribution is 2.26. The van der Waals surface area contributed by atoms with Gasteiger partial charge in [0.25, 0.3) is 0 Å². The van der Waals surface area contributed by atoms with E-state index >= 15 is 0 Å². The van der Waals surface area contributed by atoms with Gasteiger partial charge in [0.05, 0.1) is 13.7 Å². The molecular formula is C17H23NO3. The van der Waals surface area contributed by atoms with E-state index in [1.54, 1.807) is 7.11 Å². The number of piperidine rings is 1. The molecule has 1 unspecified atom stereocenters. The summed E-state index contributed by atoms with van der Waals surface area (Å²) in [6.45, 7) is 3.31. The predicted molar refractivity (Wildman–Crippen MR) is 82.5 cm³/mol. The second kappa shape index (κ2) is 6.50. The summed E-state index contributed by atoms with van der Waals surface area (Å²) in [7, 11) is 1.68. The van der Waals surface area contributed by atoms with Crippen molar-refractivity contribution in [3.63, 3.8) is 0 Å². The molecule has 0 aliphatic carbocycles. The van der Waals surface area contributed by atoms with Crippen LogP contribution < -0.4 is 4.74 Å². The molecule has 0 spiro atoms. The van der Waals surface area contributed by atoms with Gasteiger partial charge in [-0.15, -0.1) is 0 Å². The second-order valence-corrected chi connectivity index (χ2v) is 5.87. The molecule has 1 N–H and O–H groups in total. The second-order valence-electron chi connectivity index (χ2n) is 5.87. The number of hydrogen-bond donors (Lipinski definition) is 1. The maximum Gasteiger partial charge on any atom is 0.134 e. The molecule has 1 atom stereocenters. The Hall–Kier alpha value is -1.52. The summed E-state index contributed by atoms with van der Waals surface area (Å²) in [5.74, 6) is 2.48. The van der Waals surface area contributed by atoms with Gasteiger partial charge in [0.15, 0.2) is 0 Å². The van der Waals surface area contributed by atoms with Crippen LogP contribution in [0.4, 0.5) is 0 Å². The fraction of sp³-hybridized carbons (Fsp3) is 0.529. The first kappa shape index (κ1) is 14.4. The smallest absolute Gasteiger partial charge is 0.134 e. The number of aliphatic hydroxyl groups excluding tert-OH is 1. The van der Waals surface area contributed by atoms with E-state index in [4.69, 9.17) is 14.3 Å². The Morgan fingerprint density at radius 2 is 2.29 bits per heavy atom. The quantitative estimate of drug-likeness (QED) is 0.919. The molecule has 2 aromatic rings. The Labute approximate surface area is 125 Å². The Morgan fingerprint density at radius 3 is 3.10 bits per heavy atom. The minimum Gasteiger partial charge on any atom is -0.497 e. The highest BCUT2D eigenvalue weighted by molar-refractivity contribution is 5.79. The summed E-state index contributed by atoms with van der Waals surface area (Å²) in [4.78, 5) is 2.43. The van der Waals surface area contributed by atoms with Crippen LogP contribution >= 0.6 is 0 Å². The average Bonchev–Trinajstić information content (AvgIpc) is 2.89. The first-order valence-corrected chi connectivity index (χ1v) is 7.68. The van der Waals surface area contributed by atoms with Crippen molar-refractivity contribution in [3.8, 4) is 5.75 Å². The number of methoxy groups -OCH3 is 1. The normalized spacial score (nSPS) is 20.0. The van der Waals surface area contributed by atoms with Crippen LogP contribution in [0.2, 0.25) is 0 Å². The van der Waals surface area contributed by atoms with Crippen molar-refractivity contribution in [1.29, 1.82) is 0 Å². The number of furan rings is 1. The predicted octanol–water partition coefficient (Wildman–Crippen LogP) is 3.04. The summed E-state index contributed by atoms with van der Waals surface area (Å²) < 4.78 is 11.2. The van der Waals surface area contributed by atoms with Gasteiger partial charge in [-0.05, 0) is 56.0 Å². The zero-order valence-corrected chi connectivity index (χ0v) is 12.5. The molecule has 1 saturated heterocycles. The Morgan fingerprint density at radius 1 is 1.38 bits per heavy atom. The molecule has 0 bridgehead atoms. The van der Waals surface area contributed by atoms with Crippen molar-refractivity contribution in [2.24, 2.45) is 5.92 Å². The van der Waals surface area contributed by atoms with E-state index in [0.717, 1.165) is 48.5 Å². The van der Waals surface area contributed by atoms with Crippen LogP contribution in [-0.4, -0.2) is 36.8 Å². The van der Waals surface area contributed by atoms with Gasteiger partial charge < -0.3 is 14.3 Å². The van der Waals surface area contributed by atoms with Gasteiger partial charge in [0.2, 0.25) is 0 Å². The number of fused-ring (bicyclic) bond motifs is 1. The molecule has 0 amide bonds. The Bertz CT molecular complexity index is 591. The van der Waals surface area contributed by atoms with E-state index in [9.17, 15) is 0 Å². The minimum absolute atomic E-state index is 0.295. The number of hydrogen-bond acceptors (Lipinski definition) is 4. The number of nitrogens with zero attached hydrogens (tertiary/aromatic N) is 1. The number of likely N-dealkylation sites (tertiary alicyclic amines) is 1. The Balaban J connectivity index is 1.69. The molecular weight excluding hydrogens is 266 g/mol. The average molecular weight is 289 g/mol. The van der Waals surface area contributed by atoms with Crippen molar-refractivity contribution in [2.75, 3.05) is 26.8 Å². The summed E-state index contributed by atoms with van der Waals surface area (Å²) in [5.41, 5.74) is 0.912. The first-order valence-electron chi connectivity index (χ1n) is 7.68. The lowest BCUT2D eigenvalue weighted by Gasteiger charge is -2.31. The zero-order valence-electron chi connectivity index (χ0n) is 12.5. The van der Waals surface area contributed by atoms with Crippen LogP contribution in [0.1, 0.15) is 25.0 Å². The van der Waals surface area contributed by atoms with Crippen molar-refractivity contribution >= 4 is 11.0 Å². The van der Waals surface area contributed by atoms with Crippen LogP contribution in [0.15, 0.2) is 28.7 Å². The van der Waals surface area contributed by atoms with Gasteiger partial charge in [0.1, 0.15) is 17.1 Å². The van der Waals surface area contributed by atoms with Crippen LogP contribution in [0.25, 0.3) is 11.0 Å². The fourth-order valence-corrected chi connectivity index (χ4v) is 3.21. The monoisotopic (exact) mass is 289 g/mol. The first-order chi connectivity index (χ1) is 10.3. The van der Waals surface area contributed by atoms with Crippen molar-refractivity contribution < 1.29 is 14.3 Å². The number of benzene rings is 1. The molecule has 1 aromatic carbocycles. The summed E-state index contributed by atoms with van der Waals surface area (Å²) >= 11 is 0. The lowest BCUT2D eigenvalue weighted by Crippen LogP contribution is -2.35. The fourth-order valence-electron chi connectivity index (χ4n) is 3.21. The standard InChI is InChI=1S/C17H23NO3/c1-20-15-4-5-17-14(9-15)10-16(21-17)12-18-7-2-3-13(11-18)6-8-19/h4-5,9-10,13,19H,2-3,6-8,11-12H2,1H3. The molecule has 21 heavy (non-hydrogen) atoms. The molecule has 3 rings (SSSR count). The van der Waals surface area contributed by atoms with Gasteiger partial charge in [0, 0.05) is 18.5 Å². The van der Waals surface area contributed by atoms with Gasteiger partial charge in [-0.1, -0.05) is 0 Å². The van der Waals surface area contributed by atoms with Gasteiger partial charge in [-0.25, -0.2) is 0 Å². The Kier molecular flexibility index (Phi) is 4.46. The van der Waals surface area contributed by atoms with E-state index in [-0.39, 0.29) is 0 Å². The molecule has 1 aliphatic heterocycles. The molecule has 2 heterocycles. The van der Waals surface area contributed by atoms with Crippen LogP contribution in [-0.2, 0) is 6.54 Å². The van der Waals surface area contributed by atoms with Crippen molar-refractivity contribution in [1.82, 2.24) is 4.90 Å². The third-order valence-corrected chi connectivity index (χ3v) is 4.29. The van der Waals surface area contributed by atoms with Gasteiger partial charge >= 0.3 is 0 Å². The van der Waals surface area contributed by atoms with Gasteiger partial charge in [-0.3, -0.25) is 4.90 Å². The van der Waals surface area contributed by atoms with E-state index in [2.05, 4.69) is 11.0 Å². The van der Waals surface area contributed by atoms with E-state index < -0.39 is 0 Å². The van der Waals surface area contributed by atoms with Crippen molar-refractivity contribution in [2.45, 2.75) is 25.8 Å². The lowest BCUT2D eigenvalue weighted by atomic mass is 9.95. The molecule has 4 nitrogen and oxygen atoms in total. The molecule has 1 aromatic heterocycles. The third-order valence-electron chi connectivity index (χ3n) is 4.29. The largest absolute Gasteiger partial charge is 0.497 e. The van der Waals surface area contributed by atoms with Crippen LogP contribution in [0, 0.1) is 5.92 Å². The number of ether oxygens (including phenoxy) is 1. The maximum atomic E-state index is 9.09. The molecule has 0 radical (unpaired) electrons. The maximum absolute atomic E-state index is 9.09. The van der Waals surface area contributed by atoms with E-state index in [0.29, 0.717) is 12.5 Å². The van der Waals surface area contributed by atoms with Crippen molar-refractivity contribution in [3.05, 3.63) is 30.0 Å². The molecule has 1 fully saturated rings. The molecule has 0 saturated carbocycles. The van der Waals surface area contributed by atoms with Crippen LogP contribution in [0.3, 0.4) is 0 Å². The number of rotatable bonds is 5. The summed E-state index contributed by atoms with van der Waals surface area (Å²) in [5, 5.41) is 10.2. The highest BCUT2D eigenvalue weighted by Gasteiger charge is 2.20. The van der Waals surface area contributed by atoms with E-state index in [1.165, 1.54) is 12.8 Å². The van der Waals surface area contributed by atoms with Gasteiger partial charge in [-0.2, -0.15) is 0 Å². The zero-order chi connectivity index (χ0) is 14.7.